The summed E-state index contributed by atoms with van der Waals surface area (Å²) in [5, 5.41) is 0. The van der Waals surface area contributed by atoms with Crippen molar-refractivity contribution in [3.8, 4) is 0 Å². The van der Waals surface area contributed by atoms with Gasteiger partial charge in [-0.2, -0.15) is 0 Å². The van der Waals surface area contributed by atoms with Gasteiger partial charge in [-0.25, -0.2) is 5.84 Å². The lowest BCUT2D eigenvalue weighted by Gasteiger charge is -1.92. The second-order valence-electron chi connectivity index (χ2n) is 2.14. The molecular weight excluding hydrogens is 168 g/mol. The maximum atomic E-state index is 8.94. The van der Waals surface area contributed by atoms with E-state index in [1.54, 1.807) is 11.6 Å². The van der Waals surface area contributed by atoms with Crippen molar-refractivity contribution < 1.29 is 4.79 Å². The van der Waals surface area contributed by atoms with Gasteiger partial charge in [-0.3, -0.25) is 15.2 Å². The zero-order chi connectivity index (χ0) is 9.94. The number of carbonyl (C=O) groups is 1. The van der Waals surface area contributed by atoms with Crippen LogP contribution in [0.3, 0.4) is 0 Å². The third kappa shape index (κ3) is 6.92. The molecule has 0 atom stereocenters. The van der Waals surface area contributed by atoms with Crippen LogP contribution in [-0.2, 0) is 11.2 Å². The molecule has 13 heavy (non-hydrogen) atoms. The van der Waals surface area contributed by atoms with Crippen molar-refractivity contribution >= 4 is 6.41 Å². The number of amides is 1. The summed E-state index contributed by atoms with van der Waals surface area (Å²) in [5.41, 5.74) is 8.14. The van der Waals surface area contributed by atoms with Crippen molar-refractivity contribution in [3.05, 3.63) is 30.1 Å². The number of nitrogens with two attached hydrogens (primary N) is 2. The Bertz CT molecular complexity index is 215. The van der Waals surface area contributed by atoms with Gasteiger partial charge in [0.2, 0.25) is 6.41 Å². The van der Waals surface area contributed by atoms with Crippen molar-refractivity contribution in [1.29, 1.82) is 0 Å². The first-order chi connectivity index (χ1) is 6.35. The van der Waals surface area contributed by atoms with Gasteiger partial charge < -0.3 is 5.73 Å². The van der Waals surface area contributed by atoms with Crippen LogP contribution in [0.15, 0.2) is 24.4 Å². The van der Waals surface area contributed by atoms with Crippen molar-refractivity contribution in [2.24, 2.45) is 11.6 Å². The van der Waals surface area contributed by atoms with E-state index in [2.05, 4.69) is 10.8 Å². The third-order valence-electron chi connectivity index (χ3n) is 1.19. The number of nitrogens with one attached hydrogen (secondary N) is 1. The Labute approximate surface area is 77.1 Å². The van der Waals surface area contributed by atoms with Crippen LogP contribution >= 0.6 is 0 Å². The van der Waals surface area contributed by atoms with Crippen LogP contribution in [0.2, 0.25) is 0 Å². The number of carbonyl (C=O) groups excluding carboxylic acids is 1. The number of aromatic nitrogens is 1. The first kappa shape index (κ1) is 11.5. The molecule has 0 aliphatic carbocycles. The van der Waals surface area contributed by atoms with E-state index >= 15 is 0 Å². The highest BCUT2D eigenvalue weighted by Crippen LogP contribution is 1.91. The number of pyridine rings is 1. The summed E-state index contributed by atoms with van der Waals surface area (Å²) in [4.78, 5) is 13.0. The normalized spacial score (nSPS) is 8.15. The number of hydrogen-bond acceptors (Lipinski definition) is 4. The lowest BCUT2D eigenvalue weighted by Crippen LogP contribution is -2.18. The molecule has 0 aliphatic heterocycles. The fraction of sp³-hybridized carbons (Fsp3) is 0.250. The molecule has 0 saturated heterocycles. The van der Waals surface area contributed by atoms with E-state index < -0.39 is 0 Å². The van der Waals surface area contributed by atoms with Crippen LogP contribution in [0.5, 0.6) is 0 Å². The van der Waals surface area contributed by atoms with Crippen LogP contribution in [0.1, 0.15) is 5.69 Å². The topological polar surface area (TPSA) is 94.0 Å². The zero-order valence-corrected chi connectivity index (χ0v) is 7.31. The minimum atomic E-state index is 0.403. The molecule has 72 valence electrons. The summed E-state index contributed by atoms with van der Waals surface area (Å²) in [6.07, 6.45) is 3.06. The molecule has 0 saturated carbocycles. The highest BCUT2D eigenvalue weighted by atomic mass is 16.1. The molecule has 0 spiro atoms. The maximum Gasteiger partial charge on any atom is 0.221 e. The first-order valence-corrected chi connectivity index (χ1v) is 3.85. The molecule has 5 nitrogen and oxygen atoms in total. The van der Waals surface area contributed by atoms with Crippen molar-refractivity contribution in [1.82, 2.24) is 10.4 Å². The number of hydrogen-bond donors (Lipinski definition) is 3. The van der Waals surface area contributed by atoms with E-state index in [0.717, 1.165) is 12.1 Å². The smallest absolute Gasteiger partial charge is 0.221 e. The van der Waals surface area contributed by atoms with Gasteiger partial charge in [0, 0.05) is 18.3 Å². The van der Waals surface area contributed by atoms with Crippen LogP contribution in [0.25, 0.3) is 0 Å². The molecule has 5 heteroatoms. The SMILES string of the molecule is NCCc1ccccn1.NNC=O. The van der Waals surface area contributed by atoms with E-state index in [9.17, 15) is 0 Å². The van der Waals surface area contributed by atoms with Crippen LogP contribution < -0.4 is 17.0 Å². The van der Waals surface area contributed by atoms with E-state index in [4.69, 9.17) is 10.5 Å². The second kappa shape index (κ2) is 8.63. The molecule has 0 aromatic carbocycles. The lowest BCUT2D eigenvalue weighted by molar-refractivity contribution is -0.109. The molecule has 0 bridgehead atoms. The minimum Gasteiger partial charge on any atom is -0.330 e. The molecule has 1 rings (SSSR count). The standard InChI is InChI=1S/C7H10N2.CH4N2O/c8-5-4-7-3-1-2-6-9-7;2-3-1-4/h1-3,6H,4-5,8H2;1H,2H2,(H,3,4). The number of rotatable bonds is 3. The Hall–Kier alpha value is -1.46. The van der Waals surface area contributed by atoms with Crippen LogP contribution in [0.4, 0.5) is 0 Å². The maximum absolute atomic E-state index is 8.94. The fourth-order valence-corrected chi connectivity index (χ4v) is 0.694. The summed E-state index contributed by atoms with van der Waals surface area (Å²) in [6, 6.07) is 5.85. The second-order valence-corrected chi connectivity index (χ2v) is 2.14. The van der Waals surface area contributed by atoms with Gasteiger partial charge in [-0.15, -0.1) is 0 Å². The van der Waals surface area contributed by atoms with Gasteiger partial charge in [0.15, 0.2) is 0 Å². The van der Waals surface area contributed by atoms with Gasteiger partial charge in [0.25, 0.3) is 0 Å². The average molecular weight is 182 g/mol. The van der Waals surface area contributed by atoms with Crippen molar-refractivity contribution in [2.45, 2.75) is 6.42 Å². The Balaban J connectivity index is 0.000000310. The lowest BCUT2D eigenvalue weighted by atomic mass is 10.3. The van der Waals surface area contributed by atoms with Gasteiger partial charge in [0.1, 0.15) is 0 Å². The van der Waals surface area contributed by atoms with Crippen molar-refractivity contribution in [3.63, 3.8) is 0 Å². The number of nitrogens with zero attached hydrogens (tertiary/aromatic N) is 1. The molecule has 1 amide bonds. The molecule has 1 heterocycles. The molecular formula is C8H14N4O. The molecule has 1 aromatic heterocycles. The highest BCUT2D eigenvalue weighted by Gasteiger charge is 1.86. The Morgan fingerprint density at radius 3 is 2.62 bits per heavy atom. The van der Waals surface area contributed by atoms with E-state index in [0.29, 0.717) is 13.0 Å². The average Bonchev–Trinajstić information content (AvgIpc) is 2.20. The monoisotopic (exact) mass is 182 g/mol. The Kier molecular flexibility index (Phi) is 7.67. The van der Waals surface area contributed by atoms with Crippen LogP contribution in [-0.4, -0.2) is 17.9 Å². The van der Waals surface area contributed by atoms with Gasteiger partial charge in [0.05, 0.1) is 0 Å². The summed E-state index contributed by atoms with van der Waals surface area (Å²) >= 11 is 0. The number of hydrazine groups is 1. The third-order valence-corrected chi connectivity index (χ3v) is 1.19. The molecule has 0 aliphatic rings. The molecule has 5 N–H and O–H groups in total. The molecule has 1 aromatic rings. The fourth-order valence-electron chi connectivity index (χ4n) is 0.694. The predicted molar refractivity (Wildman–Crippen MR) is 50.4 cm³/mol. The van der Waals surface area contributed by atoms with Gasteiger partial charge in [-0.05, 0) is 18.7 Å². The summed E-state index contributed by atoms with van der Waals surface area (Å²) in [6.45, 7) is 0.678. The first-order valence-electron chi connectivity index (χ1n) is 3.85. The highest BCUT2D eigenvalue weighted by molar-refractivity contribution is 5.44. The van der Waals surface area contributed by atoms with E-state index in [1.807, 2.05) is 18.2 Å². The van der Waals surface area contributed by atoms with E-state index in [1.165, 1.54) is 0 Å². The Morgan fingerprint density at radius 1 is 1.54 bits per heavy atom. The summed E-state index contributed by atoms with van der Waals surface area (Å²) in [5.74, 6) is 4.41. The van der Waals surface area contributed by atoms with Crippen LogP contribution in [0, 0.1) is 0 Å². The largest absolute Gasteiger partial charge is 0.330 e. The quantitative estimate of drug-likeness (QED) is 0.246. The van der Waals surface area contributed by atoms with E-state index in [-0.39, 0.29) is 0 Å². The Morgan fingerprint density at radius 2 is 2.23 bits per heavy atom. The van der Waals surface area contributed by atoms with Gasteiger partial charge >= 0.3 is 0 Å². The molecule has 0 unspecified atom stereocenters. The summed E-state index contributed by atoms with van der Waals surface area (Å²) < 4.78 is 0. The molecule has 0 fully saturated rings. The van der Waals surface area contributed by atoms with Gasteiger partial charge in [-0.1, -0.05) is 6.07 Å². The molecule has 0 radical (unpaired) electrons. The van der Waals surface area contributed by atoms with Crippen molar-refractivity contribution in [2.75, 3.05) is 6.54 Å². The summed E-state index contributed by atoms with van der Waals surface area (Å²) in [7, 11) is 0. The zero-order valence-electron chi connectivity index (χ0n) is 7.31. The predicted octanol–water partition coefficient (Wildman–Crippen LogP) is -0.811. The minimum absolute atomic E-state index is 0.403.